The summed E-state index contributed by atoms with van der Waals surface area (Å²) in [7, 11) is 0. The Kier molecular flexibility index (Phi) is 8.41. The summed E-state index contributed by atoms with van der Waals surface area (Å²) in [5.74, 6) is 0. The third kappa shape index (κ3) is 6.45. The molecule has 0 heterocycles. The first-order valence-electron chi connectivity index (χ1n) is 16.2. The van der Waals surface area contributed by atoms with Crippen molar-refractivity contribution < 1.29 is 0 Å². The minimum absolute atomic E-state index is 1.11. The summed E-state index contributed by atoms with van der Waals surface area (Å²) in [6.07, 6.45) is 4.33. The fraction of sp³-hybridized carbons (Fsp3) is 0.0667. The van der Waals surface area contributed by atoms with Crippen LogP contribution in [0.25, 0.3) is 22.9 Å². The highest BCUT2D eigenvalue weighted by Crippen LogP contribution is 2.44. The summed E-state index contributed by atoms with van der Waals surface area (Å²) < 4.78 is 0. The Hall–Kier alpha value is -5.86. The monoisotopic (exact) mass is 606 g/mol. The molecule has 2 nitrogen and oxygen atoms in total. The number of fused-ring (bicyclic) bond motifs is 1. The normalized spacial score (nSPS) is 11.2. The maximum Gasteiger partial charge on any atom is 0.0540 e. The SMILES string of the molecule is Cc1ccc(N(c2ccc(C)cc2)c2cccc3c(N(c4ccc(C)cc4)c4ccc(C=Cc5ccccc5)cc4)cccc23)cc1. The van der Waals surface area contributed by atoms with Crippen LogP contribution in [-0.4, -0.2) is 0 Å². The molecule has 0 spiro atoms. The van der Waals surface area contributed by atoms with Gasteiger partial charge in [0.05, 0.1) is 11.4 Å². The molecule has 0 aliphatic carbocycles. The van der Waals surface area contributed by atoms with Crippen molar-refractivity contribution in [2.75, 3.05) is 9.80 Å². The molecule has 0 aliphatic rings. The summed E-state index contributed by atoms with van der Waals surface area (Å²) in [5, 5.41) is 2.37. The Labute approximate surface area is 278 Å². The molecule has 0 saturated carbocycles. The zero-order chi connectivity index (χ0) is 32.2. The van der Waals surface area contributed by atoms with E-state index in [9.17, 15) is 0 Å². The van der Waals surface area contributed by atoms with Crippen molar-refractivity contribution in [2.24, 2.45) is 0 Å². The van der Waals surface area contributed by atoms with Crippen LogP contribution in [0.1, 0.15) is 27.8 Å². The van der Waals surface area contributed by atoms with Gasteiger partial charge in [0, 0.05) is 33.5 Å². The van der Waals surface area contributed by atoms with Crippen LogP contribution in [0, 0.1) is 20.8 Å². The number of hydrogen-bond acceptors (Lipinski definition) is 2. The molecule has 2 heteroatoms. The Balaban J connectivity index is 1.36. The van der Waals surface area contributed by atoms with Crippen LogP contribution < -0.4 is 9.80 Å². The molecule has 0 aromatic heterocycles. The van der Waals surface area contributed by atoms with Crippen LogP contribution in [0.15, 0.2) is 164 Å². The summed E-state index contributed by atoms with van der Waals surface area (Å²) in [4.78, 5) is 4.74. The molecule has 0 N–H and O–H groups in total. The van der Waals surface area contributed by atoms with Crippen LogP contribution >= 0.6 is 0 Å². The molecule has 7 aromatic rings. The molecule has 228 valence electrons. The predicted molar refractivity (Wildman–Crippen MR) is 203 cm³/mol. The standard InChI is InChI=1S/C45H38N2/c1-33-15-25-38(26-16-33)46(39-27-17-34(2)18-28-39)44-13-7-12-43-42(44)11-8-14-45(43)47(40-29-19-35(3)20-30-40)41-31-23-37(24-32-41)22-21-36-9-5-4-6-10-36/h4-32H,1-3H3. The lowest BCUT2D eigenvalue weighted by Crippen LogP contribution is -2.12. The van der Waals surface area contributed by atoms with Gasteiger partial charge in [-0.1, -0.05) is 132 Å². The highest BCUT2D eigenvalue weighted by molar-refractivity contribution is 6.06. The smallest absolute Gasteiger partial charge is 0.0540 e. The lowest BCUT2D eigenvalue weighted by molar-refractivity contribution is 1.27. The average molecular weight is 607 g/mol. The molecule has 7 aromatic carbocycles. The van der Waals surface area contributed by atoms with Crippen molar-refractivity contribution in [3.05, 3.63) is 192 Å². The summed E-state index contributed by atoms with van der Waals surface area (Å²) >= 11 is 0. The van der Waals surface area contributed by atoms with Crippen LogP contribution in [-0.2, 0) is 0 Å². The van der Waals surface area contributed by atoms with Gasteiger partial charge in [0.25, 0.3) is 0 Å². The van der Waals surface area contributed by atoms with Gasteiger partial charge in [-0.15, -0.1) is 0 Å². The number of benzene rings is 7. The topological polar surface area (TPSA) is 6.48 Å². The van der Waals surface area contributed by atoms with Crippen molar-refractivity contribution in [1.82, 2.24) is 0 Å². The molecule has 7 rings (SSSR count). The fourth-order valence-corrected chi connectivity index (χ4v) is 6.09. The second kappa shape index (κ2) is 13.2. The Morgan fingerprint density at radius 3 is 1.04 bits per heavy atom. The molecule has 47 heavy (non-hydrogen) atoms. The van der Waals surface area contributed by atoms with E-state index in [1.165, 1.54) is 33.0 Å². The minimum atomic E-state index is 1.11. The Bertz CT molecular complexity index is 2080. The molecule has 0 radical (unpaired) electrons. The van der Waals surface area contributed by atoms with E-state index >= 15 is 0 Å². The number of rotatable bonds is 8. The highest BCUT2D eigenvalue weighted by Gasteiger charge is 2.19. The number of nitrogens with zero attached hydrogens (tertiary/aromatic N) is 2. The molecule has 0 unspecified atom stereocenters. The largest absolute Gasteiger partial charge is 0.310 e. The van der Waals surface area contributed by atoms with Crippen LogP contribution in [0.4, 0.5) is 34.1 Å². The van der Waals surface area contributed by atoms with Crippen molar-refractivity contribution in [2.45, 2.75) is 20.8 Å². The fourth-order valence-electron chi connectivity index (χ4n) is 6.09. The molecule has 0 amide bonds. The predicted octanol–water partition coefficient (Wildman–Crippen LogP) is 12.9. The first-order chi connectivity index (χ1) is 23.0. The van der Waals surface area contributed by atoms with Crippen LogP contribution in [0.3, 0.4) is 0 Å². The zero-order valence-corrected chi connectivity index (χ0v) is 27.1. The lowest BCUT2D eigenvalue weighted by atomic mass is 10.0. The van der Waals surface area contributed by atoms with Gasteiger partial charge < -0.3 is 9.80 Å². The van der Waals surface area contributed by atoms with Gasteiger partial charge in [0.15, 0.2) is 0 Å². The van der Waals surface area contributed by atoms with E-state index in [1.54, 1.807) is 0 Å². The molecule has 0 atom stereocenters. The van der Waals surface area contributed by atoms with Gasteiger partial charge in [-0.3, -0.25) is 0 Å². The van der Waals surface area contributed by atoms with E-state index in [0.717, 1.165) is 39.7 Å². The highest BCUT2D eigenvalue weighted by atomic mass is 15.2. The molecule has 0 fully saturated rings. The first-order valence-corrected chi connectivity index (χ1v) is 16.2. The van der Waals surface area contributed by atoms with Crippen molar-refractivity contribution in [3.8, 4) is 0 Å². The van der Waals surface area contributed by atoms with E-state index < -0.39 is 0 Å². The minimum Gasteiger partial charge on any atom is -0.310 e. The van der Waals surface area contributed by atoms with Gasteiger partial charge in [-0.2, -0.15) is 0 Å². The third-order valence-electron chi connectivity index (χ3n) is 8.65. The Morgan fingerprint density at radius 2 is 0.660 bits per heavy atom. The Morgan fingerprint density at radius 1 is 0.319 bits per heavy atom. The quantitative estimate of drug-likeness (QED) is 0.159. The van der Waals surface area contributed by atoms with E-state index in [4.69, 9.17) is 0 Å². The van der Waals surface area contributed by atoms with E-state index in [1.807, 2.05) is 6.07 Å². The number of hydrogen-bond donors (Lipinski definition) is 0. The lowest BCUT2D eigenvalue weighted by Gasteiger charge is -2.30. The maximum absolute atomic E-state index is 2.37. The second-order valence-corrected chi connectivity index (χ2v) is 12.2. The molecular formula is C45H38N2. The maximum atomic E-state index is 2.37. The second-order valence-electron chi connectivity index (χ2n) is 12.2. The van der Waals surface area contributed by atoms with Gasteiger partial charge in [-0.25, -0.2) is 0 Å². The first kappa shape index (κ1) is 29.8. The molecule has 0 saturated heterocycles. The van der Waals surface area contributed by atoms with Crippen LogP contribution in [0.2, 0.25) is 0 Å². The van der Waals surface area contributed by atoms with Gasteiger partial charge >= 0.3 is 0 Å². The van der Waals surface area contributed by atoms with Gasteiger partial charge in [0.1, 0.15) is 0 Å². The van der Waals surface area contributed by atoms with Crippen molar-refractivity contribution in [1.29, 1.82) is 0 Å². The summed E-state index contributed by atoms with van der Waals surface area (Å²) in [5.41, 5.74) is 12.8. The van der Waals surface area contributed by atoms with Gasteiger partial charge in [0.2, 0.25) is 0 Å². The summed E-state index contributed by atoms with van der Waals surface area (Å²) in [6.45, 7) is 6.41. The average Bonchev–Trinajstić information content (AvgIpc) is 3.11. The number of anilines is 6. The van der Waals surface area contributed by atoms with E-state index in [0.29, 0.717) is 0 Å². The van der Waals surface area contributed by atoms with E-state index in [-0.39, 0.29) is 0 Å². The molecular weight excluding hydrogens is 569 g/mol. The molecule has 0 aliphatic heterocycles. The van der Waals surface area contributed by atoms with Crippen molar-refractivity contribution in [3.63, 3.8) is 0 Å². The third-order valence-corrected chi connectivity index (χ3v) is 8.65. The molecule has 0 bridgehead atoms. The number of aryl methyl sites for hydroxylation is 3. The van der Waals surface area contributed by atoms with E-state index in [2.05, 4.69) is 200 Å². The van der Waals surface area contributed by atoms with Crippen LogP contribution in [0.5, 0.6) is 0 Å². The summed E-state index contributed by atoms with van der Waals surface area (Å²) in [6, 6.07) is 59.0. The zero-order valence-electron chi connectivity index (χ0n) is 27.1. The van der Waals surface area contributed by atoms with Gasteiger partial charge in [-0.05, 0) is 92.6 Å². The van der Waals surface area contributed by atoms with Crippen molar-refractivity contribution >= 4 is 57.0 Å².